The van der Waals surface area contributed by atoms with E-state index in [1.165, 1.54) is 5.69 Å². The molecule has 2 aromatic rings. The van der Waals surface area contributed by atoms with Gasteiger partial charge in [-0.2, -0.15) is 0 Å². The van der Waals surface area contributed by atoms with Gasteiger partial charge in [-0.1, -0.05) is 13.8 Å². The summed E-state index contributed by atoms with van der Waals surface area (Å²) < 4.78 is 0. The highest BCUT2D eigenvalue weighted by Crippen LogP contribution is 2.29. The van der Waals surface area contributed by atoms with Gasteiger partial charge < -0.3 is 10.6 Å². The molecule has 3 heteroatoms. The molecule has 0 saturated carbocycles. The summed E-state index contributed by atoms with van der Waals surface area (Å²) in [7, 11) is 2.16. The highest BCUT2D eigenvalue weighted by Gasteiger charge is 2.15. The van der Waals surface area contributed by atoms with Crippen molar-refractivity contribution < 1.29 is 0 Å². The Bertz CT molecular complexity index is 573. The van der Waals surface area contributed by atoms with Gasteiger partial charge in [0.2, 0.25) is 0 Å². The molecule has 1 aromatic heterocycles. The van der Waals surface area contributed by atoms with Gasteiger partial charge in [0, 0.05) is 35.5 Å². The van der Waals surface area contributed by atoms with Crippen LogP contribution in [0.5, 0.6) is 0 Å². The number of hydrogen-bond donors (Lipinski definition) is 1. The summed E-state index contributed by atoms with van der Waals surface area (Å²) in [4.78, 5) is 6.95. The lowest BCUT2D eigenvalue weighted by molar-refractivity contribution is 0.592. The zero-order valence-corrected chi connectivity index (χ0v) is 12.3. The number of fused-ring (bicyclic) bond motifs is 1. The fraction of sp³-hybridized carbons (Fsp3) is 0.438. The molecule has 1 heterocycles. The molecule has 102 valence electrons. The fourth-order valence-corrected chi connectivity index (χ4v) is 2.68. The molecule has 0 amide bonds. The Morgan fingerprint density at radius 3 is 2.53 bits per heavy atom. The lowest BCUT2D eigenvalue weighted by Crippen LogP contribution is -2.30. The van der Waals surface area contributed by atoms with E-state index in [-0.39, 0.29) is 0 Å². The standard InChI is InChI=1S/C16H23N3/c1-5-13(6-2)19(4)16-9-11(3)18-15-8-7-12(17)10-14(15)16/h7-10,13H,5-6,17H2,1-4H3. The van der Waals surface area contributed by atoms with Gasteiger partial charge in [-0.3, -0.25) is 4.98 Å². The number of nitrogen functional groups attached to an aromatic ring is 1. The maximum Gasteiger partial charge on any atom is 0.0727 e. The molecule has 0 radical (unpaired) electrons. The number of benzene rings is 1. The van der Waals surface area contributed by atoms with Crippen LogP contribution in [0.4, 0.5) is 11.4 Å². The lowest BCUT2D eigenvalue weighted by Gasteiger charge is -2.29. The Balaban J connectivity index is 2.60. The van der Waals surface area contributed by atoms with Gasteiger partial charge in [0.05, 0.1) is 5.52 Å². The first-order chi connectivity index (χ1) is 9.06. The summed E-state index contributed by atoms with van der Waals surface area (Å²) in [5, 5.41) is 1.14. The van der Waals surface area contributed by atoms with Crippen LogP contribution in [0.3, 0.4) is 0 Å². The van der Waals surface area contributed by atoms with Crippen LogP contribution < -0.4 is 10.6 Å². The first kappa shape index (κ1) is 13.7. The van der Waals surface area contributed by atoms with Gasteiger partial charge in [-0.25, -0.2) is 0 Å². The van der Waals surface area contributed by atoms with Crippen molar-refractivity contribution in [3.05, 3.63) is 30.0 Å². The Kier molecular flexibility index (Phi) is 3.93. The van der Waals surface area contributed by atoms with E-state index in [1.807, 2.05) is 25.1 Å². The van der Waals surface area contributed by atoms with Crippen LogP contribution in [0, 0.1) is 6.92 Å². The summed E-state index contributed by atoms with van der Waals surface area (Å²) in [5.74, 6) is 0. The number of pyridine rings is 1. The average molecular weight is 257 g/mol. The second-order valence-electron chi connectivity index (χ2n) is 5.14. The third-order valence-electron chi connectivity index (χ3n) is 3.81. The maximum atomic E-state index is 5.93. The summed E-state index contributed by atoms with van der Waals surface area (Å²) in [6.07, 6.45) is 2.27. The van der Waals surface area contributed by atoms with E-state index in [2.05, 4.69) is 36.8 Å². The molecule has 0 atom stereocenters. The fourth-order valence-electron chi connectivity index (χ4n) is 2.68. The SMILES string of the molecule is CCC(CC)N(C)c1cc(C)nc2ccc(N)cc12. The minimum Gasteiger partial charge on any atom is -0.399 e. The number of nitrogens with zero attached hydrogens (tertiary/aromatic N) is 2. The monoisotopic (exact) mass is 257 g/mol. The minimum atomic E-state index is 0.548. The van der Waals surface area contributed by atoms with Crippen LogP contribution in [0.25, 0.3) is 10.9 Å². The van der Waals surface area contributed by atoms with Gasteiger partial charge in [-0.05, 0) is 44.0 Å². The maximum absolute atomic E-state index is 5.93. The van der Waals surface area contributed by atoms with Crippen LogP contribution in [-0.4, -0.2) is 18.1 Å². The van der Waals surface area contributed by atoms with Crippen molar-refractivity contribution in [2.24, 2.45) is 0 Å². The molecule has 0 bridgehead atoms. The predicted molar refractivity (Wildman–Crippen MR) is 83.7 cm³/mol. The molecule has 0 unspecified atom stereocenters. The topological polar surface area (TPSA) is 42.2 Å². The Hall–Kier alpha value is -1.77. The minimum absolute atomic E-state index is 0.548. The number of nitrogens with two attached hydrogens (primary N) is 1. The van der Waals surface area contributed by atoms with Crippen LogP contribution in [0.2, 0.25) is 0 Å². The molecular weight excluding hydrogens is 234 g/mol. The van der Waals surface area contributed by atoms with Crippen molar-refractivity contribution in [2.75, 3.05) is 17.7 Å². The molecule has 3 nitrogen and oxygen atoms in total. The van der Waals surface area contributed by atoms with Gasteiger partial charge in [0.25, 0.3) is 0 Å². The molecule has 0 fully saturated rings. The Labute approximate surface area is 115 Å². The Morgan fingerprint density at radius 1 is 1.21 bits per heavy atom. The predicted octanol–water partition coefficient (Wildman–Crippen LogP) is 3.75. The zero-order valence-electron chi connectivity index (χ0n) is 12.3. The zero-order chi connectivity index (χ0) is 14.0. The molecule has 1 aromatic carbocycles. The second-order valence-corrected chi connectivity index (χ2v) is 5.14. The van der Waals surface area contributed by atoms with Crippen LogP contribution in [-0.2, 0) is 0 Å². The number of rotatable bonds is 4. The van der Waals surface area contributed by atoms with E-state index >= 15 is 0 Å². The highest BCUT2D eigenvalue weighted by atomic mass is 15.1. The molecule has 0 saturated heterocycles. The van der Waals surface area contributed by atoms with E-state index in [1.54, 1.807) is 0 Å². The van der Waals surface area contributed by atoms with E-state index < -0.39 is 0 Å². The van der Waals surface area contributed by atoms with E-state index in [4.69, 9.17) is 5.73 Å². The molecule has 2 N–H and O–H groups in total. The normalized spacial score (nSPS) is 11.2. The summed E-state index contributed by atoms with van der Waals surface area (Å²) in [5.41, 5.74) is 10.0. The molecule has 2 rings (SSSR count). The van der Waals surface area contributed by atoms with Gasteiger partial charge in [-0.15, -0.1) is 0 Å². The summed E-state index contributed by atoms with van der Waals surface area (Å²) in [6, 6.07) is 8.64. The largest absolute Gasteiger partial charge is 0.399 e. The third-order valence-corrected chi connectivity index (χ3v) is 3.81. The molecule has 0 aliphatic rings. The van der Waals surface area contributed by atoms with Crippen LogP contribution >= 0.6 is 0 Å². The van der Waals surface area contributed by atoms with E-state index in [0.717, 1.165) is 35.1 Å². The smallest absolute Gasteiger partial charge is 0.0727 e. The first-order valence-electron chi connectivity index (χ1n) is 6.96. The van der Waals surface area contributed by atoms with Crippen molar-refractivity contribution in [3.63, 3.8) is 0 Å². The van der Waals surface area contributed by atoms with Crippen molar-refractivity contribution in [2.45, 2.75) is 39.7 Å². The van der Waals surface area contributed by atoms with E-state index in [9.17, 15) is 0 Å². The lowest BCUT2D eigenvalue weighted by atomic mass is 10.1. The van der Waals surface area contributed by atoms with Crippen molar-refractivity contribution in [1.82, 2.24) is 4.98 Å². The number of hydrogen-bond acceptors (Lipinski definition) is 3. The van der Waals surface area contributed by atoms with Gasteiger partial charge in [0.15, 0.2) is 0 Å². The number of aromatic nitrogens is 1. The molecular formula is C16H23N3. The molecule has 0 aliphatic heterocycles. The van der Waals surface area contributed by atoms with Gasteiger partial charge in [0.1, 0.15) is 0 Å². The van der Waals surface area contributed by atoms with Crippen molar-refractivity contribution in [1.29, 1.82) is 0 Å². The molecule has 19 heavy (non-hydrogen) atoms. The van der Waals surface area contributed by atoms with Crippen molar-refractivity contribution in [3.8, 4) is 0 Å². The second kappa shape index (κ2) is 5.47. The van der Waals surface area contributed by atoms with Gasteiger partial charge >= 0.3 is 0 Å². The Morgan fingerprint density at radius 2 is 1.89 bits per heavy atom. The number of anilines is 2. The summed E-state index contributed by atoms with van der Waals surface area (Å²) >= 11 is 0. The summed E-state index contributed by atoms with van der Waals surface area (Å²) in [6.45, 7) is 6.50. The first-order valence-corrected chi connectivity index (χ1v) is 6.96. The molecule has 0 aliphatic carbocycles. The molecule has 0 spiro atoms. The quantitative estimate of drug-likeness (QED) is 0.848. The van der Waals surface area contributed by atoms with Crippen LogP contribution in [0.1, 0.15) is 32.4 Å². The van der Waals surface area contributed by atoms with Crippen LogP contribution in [0.15, 0.2) is 24.3 Å². The highest BCUT2D eigenvalue weighted by molar-refractivity contribution is 5.94. The number of aryl methyl sites for hydroxylation is 1. The third kappa shape index (κ3) is 2.65. The van der Waals surface area contributed by atoms with E-state index in [0.29, 0.717) is 6.04 Å². The van der Waals surface area contributed by atoms with Crippen molar-refractivity contribution >= 4 is 22.3 Å². The average Bonchev–Trinajstić information content (AvgIpc) is 2.39.